The van der Waals surface area contributed by atoms with Gasteiger partial charge in [0.2, 0.25) is 5.82 Å². The van der Waals surface area contributed by atoms with Crippen molar-refractivity contribution in [1.29, 1.82) is 5.26 Å². The van der Waals surface area contributed by atoms with Crippen LogP contribution in [0.15, 0.2) is 12.3 Å². The van der Waals surface area contributed by atoms with Crippen LogP contribution in [0, 0.1) is 27.4 Å². The molecule has 2 rings (SSSR count). The van der Waals surface area contributed by atoms with Crippen LogP contribution in [0.5, 0.6) is 0 Å². The molecule has 1 fully saturated rings. The van der Waals surface area contributed by atoms with E-state index < -0.39 is 10.9 Å². The summed E-state index contributed by atoms with van der Waals surface area (Å²) in [6.45, 7) is 0. The van der Waals surface area contributed by atoms with Crippen LogP contribution in [-0.2, 0) is 4.74 Å². The van der Waals surface area contributed by atoms with Gasteiger partial charge < -0.3 is 10.1 Å². The number of anilines is 1. The molecule has 0 aliphatic heterocycles. The maximum Gasteiger partial charge on any atom is 0.339 e. The topological polar surface area (TPSA) is 118 Å². The summed E-state index contributed by atoms with van der Waals surface area (Å²) in [6, 6.07) is 3.19. The number of carbonyl (C=O) groups excluding carboxylic acids is 1. The Bertz CT molecular complexity index is 626. The molecule has 1 aromatic heterocycles. The number of nitrogens with zero attached hydrogens (tertiary/aromatic N) is 3. The van der Waals surface area contributed by atoms with Crippen LogP contribution < -0.4 is 5.32 Å². The Hall–Kier alpha value is -2.69. The molecule has 0 radical (unpaired) electrons. The summed E-state index contributed by atoms with van der Waals surface area (Å²) in [5, 5.41) is 23.3. The summed E-state index contributed by atoms with van der Waals surface area (Å²) in [4.78, 5) is 26.0. The molecule has 0 bridgehead atoms. The first kappa shape index (κ1) is 15.7. The highest BCUT2D eigenvalue weighted by atomic mass is 16.6. The van der Waals surface area contributed by atoms with Crippen LogP contribution in [0.1, 0.15) is 36.0 Å². The van der Waals surface area contributed by atoms with Gasteiger partial charge in [0.15, 0.2) is 0 Å². The SMILES string of the molecule is COC(=O)c1cnc(N[C@H]2CCCC[C@@H]2C#N)c([N+](=O)[O-])c1. The molecule has 1 saturated carbocycles. The van der Waals surface area contributed by atoms with Crippen molar-refractivity contribution in [2.75, 3.05) is 12.4 Å². The third-order valence-electron chi connectivity index (χ3n) is 3.74. The predicted octanol–water partition coefficient (Wildman–Crippen LogP) is 2.27. The van der Waals surface area contributed by atoms with Crippen molar-refractivity contribution in [1.82, 2.24) is 4.98 Å². The summed E-state index contributed by atoms with van der Waals surface area (Å²) in [7, 11) is 1.19. The molecule has 0 aromatic carbocycles. The first-order valence-corrected chi connectivity index (χ1v) is 6.95. The van der Waals surface area contributed by atoms with Gasteiger partial charge in [0, 0.05) is 18.3 Å². The van der Waals surface area contributed by atoms with E-state index >= 15 is 0 Å². The number of esters is 1. The summed E-state index contributed by atoms with van der Waals surface area (Å²) < 4.78 is 4.53. The van der Waals surface area contributed by atoms with Gasteiger partial charge in [0.05, 0.1) is 29.6 Å². The van der Waals surface area contributed by atoms with Gasteiger partial charge in [-0.05, 0) is 12.8 Å². The molecule has 2 atom stereocenters. The number of nitro groups is 1. The van der Waals surface area contributed by atoms with Gasteiger partial charge in [-0.25, -0.2) is 9.78 Å². The Kier molecular flexibility index (Phi) is 4.88. The quantitative estimate of drug-likeness (QED) is 0.515. The van der Waals surface area contributed by atoms with Crippen LogP contribution in [-0.4, -0.2) is 29.0 Å². The van der Waals surface area contributed by atoms with Crippen molar-refractivity contribution >= 4 is 17.5 Å². The second-order valence-electron chi connectivity index (χ2n) is 5.11. The molecular weight excluding hydrogens is 288 g/mol. The molecule has 8 nitrogen and oxygen atoms in total. The van der Waals surface area contributed by atoms with Gasteiger partial charge >= 0.3 is 11.7 Å². The van der Waals surface area contributed by atoms with Gasteiger partial charge in [0.25, 0.3) is 0 Å². The molecule has 0 saturated heterocycles. The Morgan fingerprint density at radius 3 is 2.91 bits per heavy atom. The standard InChI is InChI=1S/C14H16N4O4/c1-22-14(19)10-6-12(18(20)21)13(16-8-10)17-11-5-3-2-4-9(11)7-15/h6,8-9,11H,2-5H2,1H3,(H,16,17)/t9-,11+/m1/s1. The number of methoxy groups -OCH3 is 1. The molecule has 22 heavy (non-hydrogen) atoms. The highest BCUT2D eigenvalue weighted by Crippen LogP contribution is 2.30. The van der Waals surface area contributed by atoms with Gasteiger partial charge in [-0.2, -0.15) is 5.26 Å². The molecule has 1 aromatic rings. The lowest BCUT2D eigenvalue weighted by Crippen LogP contribution is -2.32. The largest absolute Gasteiger partial charge is 0.465 e. The highest BCUT2D eigenvalue weighted by Gasteiger charge is 2.28. The minimum atomic E-state index is -0.685. The molecule has 0 unspecified atom stereocenters. The Morgan fingerprint density at radius 1 is 1.55 bits per heavy atom. The number of nitriles is 1. The summed E-state index contributed by atoms with van der Waals surface area (Å²) in [6.07, 6.45) is 4.69. The summed E-state index contributed by atoms with van der Waals surface area (Å²) in [5.74, 6) is -0.810. The lowest BCUT2D eigenvalue weighted by molar-refractivity contribution is -0.384. The predicted molar refractivity (Wildman–Crippen MR) is 77.2 cm³/mol. The van der Waals surface area contributed by atoms with E-state index in [4.69, 9.17) is 5.26 Å². The lowest BCUT2D eigenvalue weighted by atomic mass is 9.85. The fourth-order valence-electron chi connectivity index (χ4n) is 2.57. The Labute approximate surface area is 127 Å². The fourth-order valence-corrected chi connectivity index (χ4v) is 2.57. The zero-order valence-electron chi connectivity index (χ0n) is 12.1. The molecule has 8 heteroatoms. The first-order valence-electron chi connectivity index (χ1n) is 6.95. The number of hydrogen-bond acceptors (Lipinski definition) is 7. The second kappa shape index (κ2) is 6.85. The Morgan fingerprint density at radius 2 is 2.27 bits per heavy atom. The van der Waals surface area contributed by atoms with Crippen molar-refractivity contribution in [2.24, 2.45) is 5.92 Å². The summed E-state index contributed by atoms with van der Waals surface area (Å²) in [5.41, 5.74) is -0.287. The van der Waals surface area contributed by atoms with E-state index in [1.54, 1.807) is 0 Å². The van der Waals surface area contributed by atoms with Crippen LogP contribution in [0.3, 0.4) is 0 Å². The van der Waals surface area contributed by atoms with Crippen LogP contribution in [0.25, 0.3) is 0 Å². The van der Waals surface area contributed by atoms with Gasteiger partial charge in [-0.1, -0.05) is 12.8 Å². The average Bonchev–Trinajstić information content (AvgIpc) is 2.54. The maximum atomic E-state index is 11.4. The number of nitrogens with one attached hydrogen (secondary N) is 1. The molecule has 1 aliphatic carbocycles. The number of hydrogen-bond donors (Lipinski definition) is 1. The van der Waals surface area contributed by atoms with Crippen molar-refractivity contribution in [2.45, 2.75) is 31.7 Å². The Balaban J connectivity index is 2.28. The molecule has 116 valence electrons. The van der Waals surface area contributed by atoms with E-state index in [-0.39, 0.29) is 29.0 Å². The zero-order chi connectivity index (χ0) is 16.1. The molecule has 1 N–H and O–H groups in total. The number of pyridine rings is 1. The van der Waals surface area contributed by atoms with E-state index in [2.05, 4.69) is 21.1 Å². The van der Waals surface area contributed by atoms with E-state index in [9.17, 15) is 14.9 Å². The lowest BCUT2D eigenvalue weighted by Gasteiger charge is -2.27. The highest BCUT2D eigenvalue weighted by molar-refractivity contribution is 5.90. The molecule has 0 spiro atoms. The fraction of sp³-hybridized carbons (Fsp3) is 0.500. The number of rotatable bonds is 4. The third-order valence-corrected chi connectivity index (χ3v) is 3.74. The zero-order valence-corrected chi connectivity index (χ0v) is 12.1. The average molecular weight is 304 g/mol. The second-order valence-corrected chi connectivity index (χ2v) is 5.11. The van der Waals surface area contributed by atoms with Crippen LogP contribution in [0.4, 0.5) is 11.5 Å². The van der Waals surface area contributed by atoms with Crippen molar-refractivity contribution < 1.29 is 14.5 Å². The normalized spacial score (nSPS) is 20.7. The molecule has 0 amide bonds. The van der Waals surface area contributed by atoms with Crippen molar-refractivity contribution in [3.63, 3.8) is 0 Å². The molecule has 1 heterocycles. The molecular formula is C14H16N4O4. The number of ether oxygens (including phenoxy) is 1. The molecule has 1 aliphatic rings. The van der Waals surface area contributed by atoms with Gasteiger partial charge in [0.1, 0.15) is 0 Å². The number of carbonyl (C=O) groups is 1. The van der Waals surface area contributed by atoms with Crippen LogP contribution >= 0.6 is 0 Å². The maximum absolute atomic E-state index is 11.4. The minimum Gasteiger partial charge on any atom is -0.465 e. The van der Waals surface area contributed by atoms with Gasteiger partial charge in [-0.3, -0.25) is 10.1 Å². The number of aromatic nitrogens is 1. The third kappa shape index (κ3) is 3.31. The summed E-state index contributed by atoms with van der Waals surface area (Å²) >= 11 is 0. The van der Waals surface area contributed by atoms with Crippen molar-refractivity contribution in [3.05, 3.63) is 27.9 Å². The van der Waals surface area contributed by atoms with E-state index in [1.807, 2.05) is 0 Å². The van der Waals surface area contributed by atoms with E-state index in [0.717, 1.165) is 31.7 Å². The van der Waals surface area contributed by atoms with Gasteiger partial charge in [-0.15, -0.1) is 0 Å². The minimum absolute atomic E-state index is 0.0141. The van der Waals surface area contributed by atoms with Crippen LogP contribution in [0.2, 0.25) is 0 Å². The van der Waals surface area contributed by atoms with E-state index in [1.165, 1.54) is 13.3 Å². The first-order chi connectivity index (χ1) is 10.6. The monoisotopic (exact) mass is 304 g/mol. The van der Waals surface area contributed by atoms with Crippen molar-refractivity contribution in [3.8, 4) is 6.07 Å². The van der Waals surface area contributed by atoms with E-state index in [0.29, 0.717) is 0 Å². The smallest absolute Gasteiger partial charge is 0.339 e.